The van der Waals surface area contributed by atoms with Gasteiger partial charge >= 0.3 is 0 Å². The highest BCUT2D eigenvalue weighted by atomic mass is 16.3. The molecule has 0 aliphatic heterocycles. The molecule has 0 aliphatic carbocycles. The lowest BCUT2D eigenvalue weighted by molar-refractivity contribution is -0.132. The average molecular weight is 710 g/mol. The van der Waals surface area contributed by atoms with Crippen LogP contribution in [-0.2, 0) is 4.79 Å². The van der Waals surface area contributed by atoms with E-state index in [1.165, 1.54) is 161 Å². The van der Waals surface area contributed by atoms with Crippen LogP contribution >= 0.6 is 0 Å². The summed E-state index contributed by atoms with van der Waals surface area (Å²) >= 11 is 0. The number of hydrogen-bond acceptors (Lipinski definition) is 5. The van der Waals surface area contributed by atoms with Gasteiger partial charge in [-0.1, -0.05) is 213 Å². The Kier molecular flexibility index (Phi) is 37.1. The zero-order chi connectivity index (χ0) is 36.9. The van der Waals surface area contributed by atoms with Gasteiger partial charge in [-0.2, -0.15) is 0 Å². The molecule has 0 aromatic rings. The van der Waals surface area contributed by atoms with Crippen LogP contribution in [0, 0.1) is 5.92 Å². The number of nitrogens with one attached hydrogen (secondary N) is 1. The molecule has 5 N–H and O–H groups in total. The standard InChI is InChI=1S/C44H87NO5/c1-4-5-6-7-8-9-10-11-12-13-14-15-16-17-18-19-20-25-28-31-34-37-42(48)44(50)45-40(38-46)43(49)41(47)36-33-30-27-24-22-21-23-26-29-32-35-39(2)3/h31,34,39-43,46-49H,4-30,32-33,35-38H2,1-3H3,(H,45,50)/b34-31+/t40-,41+,42+,43-/m0/s1. The number of carbonyl (C=O) groups excluding carboxylic acids is 1. The van der Waals surface area contributed by atoms with Gasteiger partial charge in [-0.3, -0.25) is 4.79 Å². The van der Waals surface area contributed by atoms with E-state index < -0.39 is 36.9 Å². The van der Waals surface area contributed by atoms with Crippen molar-refractivity contribution in [3.05, 3.63) is 12.2 Å². The Morgan fingerprint density at radius 2 is 0.920 bits per heavy atom. The second kappa shape index (κ2) is 37.8. The van der Waals surface area contributed by atoms with E-state index in [9.17, 15) is 25.2 Å². The average Bonchev–Trinajstić information content (AvgIpc) is 3.10. The van der Waals surface area contributed by atoms with Gasteiger partial charge in [0.25, 0.3) is 0 Å². The summed E-state index contributed by atoms with van der Waals surface area (Å²) < 4.78 is 0. The molecule has 0 saturated heterocycles. The summed E-state index contributed by atoms with van der Waals surface area (Å²) in [6.45, 7) is 6.36. The molecule has 6 nitrogen and oxygen atoms in total. The number of carbonyl (C=O) groups is 1. The van der Waals surface area contributed by atoms with Crippen LogP contribution in [0.4, 0.5) is 0 Å². The molecule has 4 atom stereocenters. The molecule has 0 unspecified atom stereocenters. The van der Waals surface area contributed by atoms with E-state index in [0.717, 1.165) is 38.0 Å². The summed E-state index contributed by atoms with van der Waals surface area (Å²) in [5.41, 5.74) is 0. The number of amides is 1. The first kappa shape index (κ1) is 49.0. The van der Waals surface area contributed by atoms with E-state index in [0.29, 0.717) is 6.42 Å². The summed E-state index contributed by atoms with van der Waals surface area (Å²) in [5, 5.41) is 43.5. The molecule has 0 spiro atoms. The van der Waals surface area contributed by atoms with Crippen molar-refractivity contribution < 1.29 is 25.2 Å². The van der Waals surface area contributed by atoms with Crippen molar-refractivity contribution in [2.75, 3.05) is 6.61 Å². The first-order valence-electron chi connectivity index (χ1n) is 21.9. The first-order chi connectivity index (χ1) is 24.3. The van der Waals surface area contributed by atoms with Crippen LogP contribution in [0.3, 0.4) is 0 Å². The Morgan fingerprint density at radius 1 is 0.540 bits per heavy atom. The molecular formula is C44H87NO5. The van der Waals surface area contributed by atoms with E-state index >= 15 is 0 Å². The van der Waals surface area contributed by atoms with Crippen molar-refractivity contribution in [2.45, 2.75) is 251 Å². The topological polar surface area (TPSA) is 110 Å². The maximum Gasteiger partial charge on any atom is 0.249 e. The molecule has 6 heteroatoms. The number of hydrogen-bond donors (Lipinski definition) is 5. The summed E-state index contributed by atoms with van der Waals surface area (Å²) in [6, 6.07) is -1.00. The third-order valence-electron chi connectivity index (χ3n) is 10.4. The summed E-state index contributed by atoms with van der Waals surface area (Å²) in [6.07, 6.45) is 39.8. The van der Waals surface area contributed by atoms with E-state index in [1.807, 2.05) is 12.2 Å². The van der Waals surface area contributed by atoms with Gasteiger partial charge in [0.15, 0.2) is 0 Å². The van der Waals surface area contributed by atoms with Crippen molar-refractivity contribution in [1.82, 2.24) is 5.32 Å². The quantitative estimate of drug-likeness (QED) is 0.0322. The summed E-state index contributed by atoms with van der Waals surface area (Å²) in [7, 11) is 0. The maximum atomic E-state index is 12.5. The molecule has 0 fully saturated rings. The Balaban J connectivity index is 3.74. The van der Waals surface area contributed by atoms with Gasteiger partial charge in [-0.05, 0) is 25.2 Å². The summed E-state index contributed by atoms with van der Waals surface area (Å²) in [5.74, 6) is 0.180. The third-order valence-corrected chi connectivity index (χ3v) is 10.4. The molecule has 0 rings (SSSR count). The molecule has 0 heterocycles. The number of unbranched alkanes of at least 4 members (excludes halogenated alkanes) is 27. The molecule has 50 heavy (non-hydrogen) atoms. The lowest BCUT2D eigenvalue weighted by Crippen LogP contribution is -2.53. The SMILES string of the molecule is CCCCCCCCCCCCCCCCCCCC/C=C/C[C@@H](O)C(=O)N[C@@H](CO)[C@H](O)[C@H](O)CCCCCCCCCCCCC(C)C. The Morgan fingerprint density at radius 3 is 1.32 bits per heavy atom. The fraction of sp³-hybridized carbons (Fsp3) is 0.932. The van der Waals surface area contributed by atoms with E-state index in [-0.39, 0.29) is 6.42 Å². The highest BCUT2D eigenvalue weighted by Gasteiger charge is 2.28. The zero-order valence-electron chi connectivity index (χ0n) is 33.6. The minimum absolute atomic E-state index is 0.194. The Bertz CT molecular complexity index is 729. The van der Waals surface area contributed by atoms with E-state index in [1.54, 1.807) is 0 Å². The molecule has 0 aliphatic rings. The second-order valence-corrected chi connectivity index (χ2v) is 15.9. The van der Waals surface area contributed by atoms with Crippen LogP contribution in [0.5, 0.6) is 0 Å². The maximum absolute atomic E-state index is 12.5. The van der Waals surface area contributed by atoms with E-state index in [4.69, 9.17) is 0 Å². The van der Waals surface area contributed by atoms with Gasteiger partial charge in [0, 0.05) is 6.42 Å². The van der Waals surface area contributed by atoms with Crippen LogP contribution < -0.4 is 5.32 Å². The predicted molar refractivity (Wildman–Crippen MR) is 214 cm³/mol. The lowest BCUT2D eigenvalue weighted by Gasteiger charge is -2.27. The number of aliphatic hydroxyl groups is 4. The largest absolute Gasteiger partial charge is 0.394 e. The van der Waals surface area contributed by atoms with Gasteiger partial charge in [-0.25, -0.2) is 0 Å². The normalized spacial score (nSPS) is 14.4. The third kappa shape index (κ3) is 32.9. The van der Waals surface area contributed by atoms with Crippen molar-refractivity contribution >= 4 is 5.91 Å². The van der Waals surface area contributed by atoms with Crippen LogP contribution in [0.2, 0.25) is 0 Å². The fourth-order valence-electron chi connectivity index (χ4n) is 6.89. The van der Waals surface area contributed by atoms with Crippen LogP contribution in [-0.4, -0.2) is 57.3 Å². The highest BCUT2D eigenvalue weighted by Crippen LogP contribution is 2.17. The highest BCUT2D eigenvalue weighted by molar-refractivity contribution is 5.81. The van der Waals surface area contributed by atoms with Crippen LogP contribution in [0.25, 0.3) is 0 Å². The number of rotatable bonds is 39. The molecule has 1 amide bonds. The van der Waals surface area contributed by atoms with Crippen molar-refractivity contribution in [1.29, 1.82) is 0 Å². The molecule has 0 aromatic carbocycles. The minimum atomic E-state index is -1.27. The number of allylic oxidation sites excluding steroid dienone is 1. The van der Waals surface area contributed by atoms with Crippen molar-refractivity contribution in [3.63, 3.8) is 0 Å². The minimum Gasteiger partial charge on any atom is -0.394 e. The van der Waals surface area contributed by atoms with Crippen LogP contribution in [0.15, 0.2) is 12.2 Å². The molecule has 0 aromatic heterocycles. The fourth-order valence-corrected chi connectivity index (χ4v) is 6.89. The monoisotopic (exact) mass is 710 g/mol. The zero-order valence-corrected chi connectivity index (χ0v) is 33.6. The summed E-state index contributed by atoms with van der Waals surface area (Å²) in [4.78, 5) is 12.5. The van der Waals surface area contributed by atoms with Gasteiger partial charge in [0.05, 0.1) is 18.8 Å². The van der Waals surface area contributed by atoms with Crippen LogP contribution in [0.1, 0.15) is 226 Å². The first-order valence-corrected chi connectivity index (χ1v) is 21.9. The molecule has 0 bridgehead atoms. The predicted octanol–water partition coefficient (Wildman–Crippen LogP) is 11.3. The van der Waals surface area contributed by atoms with Crippen molar-refractivity contribution in [3.8, 4) is 0 Å². The Labute approximate surface area is 311 Å². The molecular weight excluding hydrogens is 622 g/mol. The van der Waals surface area contributed by atoms with Gasteiger partial charge in [0.1, 0.15) is 12.2 Å². The molecule has 0 saturated carbocycles. The van der Waals surface area contributed by atoms with Gasteiger partial charge in [-0.15, -0.1) is 0 Å². The van der Waals surface area contributed by atoms with Gasteiger partial charge in [0.2, 0.25) is 5.91 Å². The Hall–Kier alpha value is -0.950. The molecule has 0 radical (unpaired) electrons. The second-order valence-electron chi connectivity index (χ2n) is 15.9. The van der Waals surface area contributed by atoms with E-state index in [2.05, 4.69) is 26.1 Å². The van der Waals surface area contributed by atoms with Gasteiger partial charge < -0.3 is 25.7 Å². The van der Waals surface area contributed by atoms with Crippen molar-refractivity contribution in [2.24, 2.45) is 5.92 Å². The smallest absolute Gasteiger partial charge is 0.249 e. The molecule has 298 valence electrons. The number of aliphatic hydroxyl groups excluding tert-OH is 4. The lowest BCUT2D eigenvalue weighted by atomic mass is 9.99.